The molecule has 1 aliphatic rings. The van der Waals surface area contributed by atoms with E-state index in [1.165, 1.54) is 12.8 Å². The minimum absolute atomic E-state index is 0.396. The van der Waals surface area contributed by atoms with Crippen LogP contribution in [-0.4, -0.2) is 27.1 Å². The summed E-state index contributed by atoms with van der Waals surface area (Å²) in [7, 11) is 1.64. The van der Waals surface area contributed by atoms with Crippen LogP contribution >= 0.6 is 15.9 Å². The predicted molar refractivity (Wildman–Crippen MR) is 93.0 cm³/mol. The molecule has 0 aliphatic heterocycles. The lowest BCUT2D eigenvalue weighted by Gasteiger charge is -2.11. The van der Waals surface area contributed by atoms with E-state index in [2.05, 4.69) is 31.2 Å². The summed E-state index contributed by atoms with van der Waals surface area (Å²) in [5.74, 6) is 2.10. The number of aromatic nitrogens is 4. The molecule has 4 rings (SSSR count). The van der Waals surface area contributed by atoms with E-state index in [9.17, 15) is 0 Å². The first-order valence-corrected chi connectivity index (χ1v) is 8.68. The van der Waals surface area contributed by atoms with E-state index >= 15 is 0 Å². The van der Waals surface area contributed by atoms with Gasteiger partial charge in [0.1, 0.15) is 17.0 Å². The molecule has 0 saturated heterocycles. The number of pyridine rings is 1. The number of halogens is 1. The Labute approximate surface area is 147 Å². The first-order valence-electron chi connectivity index (χ1n) is 7.88. The van der Waals surface area contributed by atoms with Crippen molar-refractivity contribution in [3.8, 4) is 11.5 Å². The molecule has 3 aromatic rings. The molecule has 0 amide bonds. The highest BCUT2D eigenvalue weighted by Gasteiger charge is 2.24. The summed E-state index contributed by atoms with van der Waals surface area (Å²) in [5, 5.41) is 8.59. The Kier molecular flexibility index (Phi) is 4.20. The maximum atomic E-state index is 6.04. The molecule has 0 unspecified atom stereocenters. The van der Waals surface area contributed by atoms with Crippen molar-refractivity contribution in [2.24, 2.45) is 5.92 Å². The minimum Gasteiger partial charge on any atom is -0.454 e. The van der Waals surface area contributed by atoms with Crippen molar-refractivity contribution in [2.45, 2.75) is 26.0 Å². The van der Waals surface area contributed by atoms with Gasteiger partial charge in [0, 0.05) is 19.9 Å². The zero-order valence-electron chi connectivity index (χ0n) is 13.3. The van der Waals surface area contributed by atoms with Gasteiger partial charge in [-0.1, -0.05) is 5.21 Å². The lowest BCUT2D eigenvalue weighted by molar-refractivity contribution is 0.179. The standard InChI is InChI=1S/C17H17BrN4O2/c1-23-10-12-14(3-2-8-19-12)24-15-7-6-13-17(16(15)18)20-21-22(13)9-11-4-5-11/h2-3,6-8,11H,4-5,9-10H2,1H3. The Balaban J connectivity index is 1.66. The second-order valence-corrected chi connectivity index (χ2v) is 6.74. The Morgan fingerprint density at radius 3 is 2.92 bits per heavy atom. The van der Waals surface area contributed by atoms with Crippen LogP contribution in [0.4, 0.5) is 0 Å². The van der Waals surface area contributed by atoms with Crippen LogP contribution in [0.3, 0.4) is 0 Å². The van der Waals surface area contributed by atoms with Gasteiger partial charge in [-0.15, -0.1) is 5.10 Å². The lowest BCUT2D eigenvalue weighted by atomic mass is 10.2. The summed E-state index contributed by atoms with van der Waals surface area (Å²) in [6.45, 7) is 1.33. The third kappa shape index (κ3) is 3.01. The molecule has 0 atom stereocenters. The molecule has 7 heteroatoms. The van der Waals surface area contributed by atoms with Crippen LogP contribution in [0.5, 0.6) is 11.5 Å². The molecule has 0 bridgehead atoms. The molecular weight excluding hydrogens is 372 g/mol. The second kappa shape index (κ2) is 6.49. The van der Waals surface area contributed by atoms with Gasteiger partial charge in [0.15, 0.2) is 5.75 Å². The summed E-state index contributed by atoms with van der Waals surface area (Å²) in [6, 6.07) is 7.65. The maximum Gasteiger partial charge on any atom is 0.151 e. The zero-order valence-corrected chi connectivity index (χ0v) is 14.9. The molecule has 0 N–H and O–H groups in total. The fourth-order valence-corrected chi connectivity index (χ4v) is 3.12. The predicted octanol–water partition coefficient (Wildman–Crippen LogP) is 3.94. The number of benzene rings is 1. The summed E-state index contributed by atoms with van der Waals surface area (Å²) in [4.78, 5) is 4.30. The van der Waals surface area contributed by atoms with Crippen LogP contribution < -0.4 is 4.74 Å². The van der Waals surface area contributed by atoms with Gasteiger partial charge in [-0.2, -0.15) is 0 Å². The Morgan fingerprint density at radius 1 is 1.25 bits per heavy atom. The van der Waals surface area contributed by atoms with Gasteiger partial charge in [-0.3, -0.25) is 4.98 Å². The van der Waals surface area contributed by atoms with Crippen molar-refractivity contribution >= 4 is 27.0 Å². The lowest BCUT2D eigenvalue weighted by Crippen LogP contribution is -2.01. The quantitative estimate of drug-likeness (QED) is 0.639. The molecule has 124 valence electrons. The molecule has 0 radical (unpaired) electrons. The molecule has 2 aromatic heterocycles. The third-order valence-corrected chi connectivity index (χ3v) is 4.83. The van der Waals surface area contributed by atoms with Crippen LogP contribution in [0, 0.1) is 5.92 Å². The smallest absolute Gasteiger partial charge is 0.151 e. The molecular formula is C17H17BrN4O2. The van der Waals surface area contributed by atoms with Gasteiger partial charge in [0.05, 0.1) is 16.6 Å². The van der Waals surface area contributed by atoms with E-state index in [0.29, 0.717) is 18.1 Å². The number of ether oxygens (including phenoxy) is 2. The number of rotatable bonds is 6. The summed E-state index contributed by atoms with van der Waals surface area (Å²) < 4.78 is 14.0. The van der Waals surface area contributed by atoms with Crippen LogP contribution in [0.2, 0.25) is 0 Å². The van der Waals surface area contributed by atoms with Crippen LogP contribution in [0.15, 0.2) is 34.9 Å². The number of fused-ring (bicyclic) bond motifs is 1. The molecule has 2 heterocycles. The first-order chi connectivity index (χ1) is 11.8. The van der Waals surface area contributed by atoms with Crippen LogP contribution in [0.1, 0.15) is 18.5 Å². The van der Waals surface area contributed by atoms with Gasteiger partial charge < -0.3 is 9.47 Å². The Bertz CT molecular complexity index is 876. The number of nitrogens with zero attached hydrogens (tertiary/aromatic N) is 4. The van der Waals surface area contributed by atoms with Crippen molar-refractivity contribution in [2.75, 3.05) is 7.11 Å². The highest BCUT2D eigenvalue weighted by atomic mass is 79.9. The van der Waals surface area contributed by atoms with Crippen molar-refractivity contribution in [3.63, 3.8) is 0 Å². The van der Waals surface area contributed by atoms with Gasteiger partial charge >= 0.3 is 0 Å². The molecule has 0 spiro atoms. The molecule has 6 nitrogen and oxygen atoms in total. The maximum absolute atomic E-state index is 6.04. The normalized spacial score (nSPS) is 14.2. The van der Waals surface area contributed by atoms with Crippen molar-refractivity contribution in [1.29, 1.82) is 0 Å². The molecule has 24 heavy (non-hydrogen) atoms. The Hall–Kier alpha value is -1.99. The third-order valence-electron chi connectivity index (χ3n) is 4.07. The summed E-state index contributed by atoms with van der Waals surface area (Å²) in [6.07, 6.45) is 4.29. The van der Waals surface area contributed by atoms with Gasteiger partial charge in [-0.25, -0.2) is 4.68 Å². The number of methoxy groups -OCH3 is 1. The van der Waals surface area contributed by atoms with E-state index in [1.54, 1.807) is 13.3 Å². The van der Waals surface area contributed by atoms with E-state index in [1.807, 2.05) is 28.9 Å². The molecule has 1 fully saturated rings. The topological polar surface area (TPSA) is 62.1 Å². The largest absolute Gasteiger partial charge is 0.454 e. The molecule has 1 saturated carbocycles. The molecule has 1 aliphatic carbocycles. The monoisotopic (exact) mass is 388 g/mol. The highest BCUT2D eigenvalue weighted by Crippen LogP contribution is 2.37. The highest BCUT2D eigenvalue weighted by molar-refractivity contribution is 9.10. The average Bonchev–Trinajstić information content (AvgIpc) is 3.31. The fraction of sp³-hybridized carbons (Fsp3) is 0.353. The summed E-state index contributed by atoms with van der Waals surface area (Å²) in [5.41, 5.74) is 2.58. The second-order valence-electron chi connectivity index (χ2n) is 5.94. The zero-order chi connectivity index (χ0) is 16.5. The van der Waals surface area contributed by atoms with Crippen molar-refractivity contribution in [3.05, 3.63) is 40.6 Å². The van der Waals surface area contributed by atoms with Crippen LogP contribution in [-0.2, 0) is 17.9 Å². The van der Waals surface area contributed by atoms with Gasteiger partial charge in [-0.05, 0) is 59.0 Å². The number of hydrogen-bond acceptors (Lipinski definition) is 5. The fourth-order valence-electron chi connectivity index (χ4n) is 2.62. The van der Waals surface area contributed by atoms with E-state index in [4.69, 9.17) is 9.47 Å². The van der Waals surface area contributed by atoms with Crippen molar-refractivity contribution < 1.29 is 9.47 Å². The van der Waals surface area contributed by atoms with E-state index in [-0.39, 0.29) is 0 Å². The van der Waals surface area contributed by atoms with Crippen molar-refractivity contribution in [1.82, 2.24) is 20.0 Å². The average molecular weight is 389 g/mol. The van der Waals surface area contributed by atoms with E-state index < -0.39 is 0 Å². The summed E-state index contributed by atoms with van der Waals surface area (Å²) >= 11 is 3.61. The molecule has 1 aromatic carbocycles. The Morgan fingerprint density at radius 2 is 2.12 bits per heavy atom. The van der Waals surface area contributed by atoms with Gasteiger partial charge in [0.2, 0.25) is 0 Å². The van der Waals surface area contributed by atoms with Gasteiger partial charge in [0.25, 0.3) is 0 Å². The first kappa shape index (κ1) is 15.5. The number of hydrogen-bond donors (Lipinski definition) is 0. The van der Waals surface area contributed by atoms with E-state index in [0.717, 1.165) is 33.7 Å². The minimum atomic E-state index is 0.396. The van der Waals surface area contributed by atoms with Crippen LogP contribution in [0.25, 0.3) is 11.0 Å². The SMILES string of the molecule is COCc1ncccc1Oc1ccc2c(nnn2CC2CC2)c1Br.